The van der Waals surface area contributed by atoms with Gasteiger partial charge in [0.1, 0.15) is 24.1 Å². The lowest BCUT2D eigenvalue weighted by atomic mass is 10.1. The quantitative estimate of drug-likeness (QED) is 0.562. The van der Waals surface area contributed by atoms with Crippen LogP contribution in [0.25, 0.3) is 11.2 Å². The fourth-order valence-corrected chi connectivity index (χ4v) is 2.51. The summed E-state index contributed by atoms with van der Waals surface area (Å²) in [6.07, 6.45) is -3.01. The van der Waals surface area contributed by atoms with Crippen molar-refractivity contribution >= 4 is 11.2 Å². The minimum absolute atomic E-state index is 0.00523. The molecule has 0 spiro atoms. The van der Waals surface area contributed by atoms with Crippen LogP contribution in [0.3, 0.4) is 0 Å². The van der Waals surface area contributed by atoms with Gasteiger partial charge in [0.2, 0.25) is 0 Å². The van der Waals surface area contributed by atoms with Gasteiger partial charge in [-0.05, 0) is 0 Å². The first kappa shape index (κ1) is 15.1. The lowest BCUT2D eigenvalue weighted by Crippen LogP contribution is -2.33. The van der Waals surface area contributed by atoms with Crippen molar-refractivity contribution in [2.45, 2.75) is 44.3 Å². The Balaban J connectivity index is 2.10. The highest BCUT2D eigenvalue weighted by Gasteiger charge is 2.44. The van der Waals surface area contributed by atoms with E-state index in [1.807, 2.05) is 13.8 Å². The van der Waals surface area contributed by atoms with Crippen LogP contribution >= 0.6 is 0 Å². The SMILES string of the molecule is CC(C)c1nc2c(ncn2[C@@H]2O[C@H](CO)[C@@H](O)[C@H]2O)c(=O)[nH]1. The molecular formula is C13H18N4O5. The third-order valence-corrected chi connectivity index (χ3v) is 3.79. The average Bonchev–Trinajstić information content (AvgIpc) is 3.02. The predicted molar refractivity (Wildman–Crippen MR) is 75.2 cm³/mol. The summed E-state index contributed by atoms with van der Waals surface area (Å²) in [6.45, 7) is 3.35. The van der Waals surface area contributed by atoms with Crippen molar-refractivity contribution in [2.75, 3.05) is 6.61 Å². The highest BCUT2D eigenvalue weighted by molar-refractivity contribution is 5.69. The molecule has 0 aliphatic carbocycles. The third-order valence-electron chi connectivity index (χ3n) is 3.79. The van der Waals surface area contributed by atoms with Crippen LogP contribution in [-0.4, -0.2) is 59.8 Å². The number of aliphatic hydroxyl groups excluding tert-OH is 3. The molecule has 4 atom stereocenters. The predicted octanol–water partition coefficient (Wildman–Crippen LogP) is -1.15. The molecule has 1 fully saturated rings. The van der Waals surface area contributed by atoms with Crippen molar-refractivity contribution in [1.29, 1.82) is 0 Å². The van der Waals surface area contributed by atoms with E-state index in [1.165, 1.54) is 10.9 Å². The van der Waals surface area contributed by atoms with Crippen LogP contribution in [0.2, 0.25) is 0 Å². The number of fused-ring (bicyclic) bond motifs is 1. The van der Waals surface area contributed by atoms with Gasteiger partial charge in [-0.25, -0.2) is 9.97 Å². The fourth-order valence-electron chi connectivity index (χ4n) is 2.51. The van der Waals surface area contributed by atoms with Gasteiger partial charge in [-0.15, -0.1) is 0 Å². The molecule has 4 N–H and O–H groups in total. The summed E-state index contributed by atoms with van der Waals surface area (Å²) in [4.78, 5) is 23.0. The summed E-state index contributed by atoms with van der Waals surface area (Å²) in [5, 5.41) is 29.1. The van der Waals surface area contributed by atoms with Gasteiger partial charge >= 0.3 is 0 Å². The highest BCUT2D eigenvalue weighted by Crippen LogP contribution is 2.30. The van der Waals surface area contributed by atoms with E-state index in [-0.39, 0.29) is 22.6 Å². The Morgan fingerprint density at radius 2 is 2.14 bits per heavy atom. The van der Waals surface area contributed by atoms with Crippen LogP contribution in [0.5, 0.6) is 0 Å². The molecule has 0 aromatic carbocycles. The van der Waals surface area contributed by atoms with Gasteiger partial charge in [0.15, 0.2) is 17.4 Å². The maximum absolute atomic E-state index is 12.0. The zero-order chi connectivity index (χ0) is 16.0. The lowest BCUT2D eigenvalue weighted by molar-refractivity contribution is -0.0511. The molecule has 120 valence electrons. The zero-order valence-electron chi connectivity index (χ0n) is 12.2. The van der Waals surface area contributed by atoms with Crippen molar-refractivity contribution in [2.24, 2.45) is 0 Å². The van der Waals surface area contributed by atoms with Crippen molar-refractivity contribution < 1.29 is 20.1 Å². The Labute approximate surface area is 125 Å². The molecule has 1 saturated heterocycles. The smallest absolute Gasteiger partial charge is 0.279 e. The zero-order valence-corrected chi connectivity index (χ0v) is 12.2. The summed E-state index contributed by atoms with van der Waals surface area (Å²) in [5.74, 6) is 0.497. The van der Waals surface area contributed by atoms with Gasteiger partial charge in [-0.1, -0.05) is 13.8 Å². The summed E-state index contributed by atoms with van der Waals surface area (Å²) < 4.78 is 6.85. The van der Waals surface area contributed by atoms with E-state index in [9.17, 15) is 15.0 Å². The number of aliphatic hydroxyl groups is 3. The maximum Gasteiger partial charge on any atom is 0.279 e. The Kier molecular flexibility index (Phi) is 3.73. The number of hydrogen-bond acceptors (Lipinski definition) is 7. The largest absolute Gasteiger partial charge is 0.394 e. The number of aromatic nitrogens is 4. The van der Waals surface area contributed by atoms with Gasteiger partial charge in [0.25, 0.3) is 5.56 Å². The second-order valence-electron chi connectivity index (χ2n) is 5.66. The van der Waals surface area contributed by atoms with Crippen molar-refractivity contribution in [1.82, 2.24) is 19.5 Å². The monoisotopic (exact) mass is 310 g/mol. The molecule has 1 aliphatic rings. The van der Waals surface area contributed by atoms with Gasteiger partial charge in [-0.3, -0.25) is 9.36 Å². The number of hydrogen-bond donors (Lipinski definition) is 4. The second-order valence-corrected chi connectivity index (χ2v) is 5.66. The molecule has 0 saturated carbocycles. The Bertz CT molecular complexity index is 740. The number of imidazole rings is 1. The van der Waals surface area contributed by atoms with Crippen LogP contribution in [0.1, 0.15) is 31.8 Å². The maximum atomic E-state index is 12.0. The van der Waals surface area contributed by atoms with E-state index in [4.69, 9.17) is 9.84 Å². The molecule has 22 heavy (non-hydrogen) atoms. The van der Waals surface area contributed by atoms with Crippen molar-refractivity contribution in [3.8, 4) is 0 Å². The number of H-pyrrole nitrogens is 1. The van der Waals surface area contributed by atoms with E-state index in [0.29, 0.717) is 5.82 Å². The van der Waals surface area contributed by atoms with Crippen molar-refractivity contribution in [3.63, 3.8) is 0 Å². The van der Waals surface area contributed by atoms with Crippen LogP contribution < -0.4 is 5.56 Å². The lowest BCUT2D eigenvalue weighted by Gasteiger charge is -2.16. The molecule has 9 heteroatoms. The molecule has 0 amide bonds. The molecule has 2 aromatic heterocycles. The van der Waals surface area contributed by atoms with Crippen molar-refractivity contribution in [3.05, 3.63) is 22.5 Å². The number of rotatable bonds is 3. The number of nitrogens with one attached hydrogen (secondary N) is 1. The summed E-state index contributed by atoms with van der Waals surface area (Å²) in [6, 6.07) is 0. The number of aromatic amines is 1. The van der Waals surface area contributed by atoms with Gasteiger partial charge in [0.05, 0.1) is 12.9 Å². The molecular weight excluding hydrogens is 292 g/mol. The molecule has 0 bridgehead atoms. The Morgan fingerprint density at radius 1 is 1.41 bits per heavy atom. The highest BCUT2D eigenvalue weighted by atomic mass is 16.6. The van der Waals surface area contributed by atoms with Crippen LogP contribution in [0.15, 0.2) is 11.1 Å². The standard InChI is InChI=1S/C13H18N4O5/c1-5(2)10-15-11-7(12(21)16-10)14-4-17(11)13-9(20)8(19)6(3-18)22-13/h4-6,8-9,13,18-20H,3H2,1-2H3,(H,15,16,21)/t6-,8-,9-,13-/m1/s1. The summed E-state index contributed by atoms with van der Waals surface area (Å²) >= 11 is 0. The van der Waals surface area contributed by atoms with Gasteiger partial charge in [-0.2, -0.15) is 0 Å². The van der Waals surface area contributed by atoms with Crippen LogP contribution in [0, 0.1) is 0 Å². The number of nitrogens with zero attached hydrogens (tertiary/aromatic N) is 3. The van der Waals surface area contributed by atoms with Crippen LogP contribution in [0.4, 0.5) is 0 Å². The van der Waals surface area contributed by atoms with E-state index >= 15 is 0 Å². The number of ether oxygens (including phenoxy) is 1. The Morgan fingerprint density at radius 3 is 2.73 bits per heavy atom. The normalized spacial score (nSPS) is 28.8. The molecule has 0 radical (unpaired) electrons. The third kappa shape index (κ3) is 2.22. The van der Waals surface area contributed by atoms with Gasteiger partial charge in [0, 0.05) is 5.92 Å². The molecule has 1 aliphatic heterocycles. The molecule has 3 heterocycles. The fraction of sp³-hybridized carbons (Fsp3) is 0.615. The van der Waals surface area contributed by atoms with E-state index in [1.54, 1.807) is 0 Å². The molecule has 2 aromatic rings. The van der Waals surface area contributed by atoms with E-state index < -0.39 is 31.1 Å². The minimum Gasteiger partial charge on any atom is -0.394 e. The molecule has 3 rings (SSSR count). The summed E-state index contributed by atoms with van der Waals surface area (Å²) in [5.41, 5.74) is 0.0172. The average molecular weight is 310 g/mol. The van der Waals surface area contributed by atoms with E-state index in [2.05, 4.69) is 15.0 Å². The Hall–Kier alpha value is -1.81. The first-order valence-electron chi connectivity index (χ1n) is 7.03. The molecule has 0 unspecified atom stereocenters. The van der Waals surface area contributed by atoms with Crippen LogP contribution in [-0.2, 0) is 4.74 Å². The van der Waals surface area contributed by atoms with Gasteiger partial charge < -0.3 is 25.0 Å². The summed E-state index contributed by atoms with van der Waals surface area (Å²) in [7, 11) is 0. The molecule has 9 nitrogen and oxygen atoms in total. The van der Waals surface area contributed by atoms with E-state index in [0.717, 1.165) is 0 Å². The minimum atomic E-state index is -1.25. The first-order valence-corrected chi connectivity index (χ1v) is 7.03. The topological polar surface area (TPSA) is 133 Å². The second kappa shape index (κ2) is 5.43. The first-order chi connectivity index (χ1) is 10.4.